The average molecular weight is 202 g/mol. The highest BCUT2D eigenvalue weighted by Gasteiger charge is 2.02. The third-order valence-corrected chi connectivity index (χ3v) is 2.05. The molecule has 1 aromatic rings. The zero-order valence-electron chi connectivity index (χ0n) is 8.82. The van der Waals surface area contributed by atoms with Gasteiger partial charge in [0.2, 0.25) is 0 Å². The molecule has 0 fully saturated rings. The number of carbonyl (C=O) groups excluding carboxylic acids is 1. The quantitative estimate of drug-likeness (QED) is 0.552. The Kier molecular flexibility index (Phi) is 4.43. The zero-order valence-corrected chi connectivity index (χ0v) is 8.82. The fourth-order valence-electron chi connectivity index (χ4n) is 1.20. The molecule has 0 saturated heterocycles. The van der Waals surface area contributed by atoms with Gasteiger partial charge in [0.05, 0.1) is 0 Å². The Morgan fingerprint density at radius 1 is 1.40 bits per heavy atom. The van der Waals surface area contributed by atoms with E-state index in [4.69, 9.17) is 11.2 Å². The van der Waals surface area contributed by atoms with Crippen molar-refractivity contribution in [3.05, 3.63) is 35.4 Å². The highest BCUT2D eigenvalue weighted by molar-refractivity contribution is 5.69. The van der Waals surface area contributed by atoms with Crippen LogP contribution in [0, 0.1) is 19.3 Å². The van der Waals surface area contributed by atoms with Crippen LogP contribution in [0.25, 0.3) is 0 Å². The van der Waals surface area contributed by atoms with Crippen molar-refractivity contribution in [1.29, 1.82) is 0 Å². The molecule has 0 radical (unpaired) electrons. The first kappa shape index (κ1) is 11.3. The summed E-state index contributed by atoms with van der Waals surface area (Å²) in [6, 6.07) is 8.10. The molecule has 0 spiro atoms. The lowest BCUT2D eigenvalue weighted by molar-refractivity contribution is -0.142. The summed E-state index contributed by atoms with van der Waals surface area (Å²) in [6.07, 6.45) is 6.05. The van der Waals surface area contributed by atoms with Gasteiger partial charge < -0.3 is 4.74 Å². The van der Waals surface area contributed by atoms with Crippen molar-refractivity contribution < 1.29 is 9.53 Å². The van der Waals surface area contributed by atoms with Gasteiger partial charge in [-0.25, -0.2) is 0 Å². The number of ether oxygens (including phenoxy) is 1. The molecule has 0 N–H and O–H groups in total. The second-order valence-corrected chi connectivity index (χ2v) is 3.35. The summed E-state index contributed by atoms with van der Waals surface area (Å²) in [4.78, 5) is 11.1. The van der Waals surface area contributed by atoms with Gasteiger partial charge in [0, 0.05) is 6.42 Å². The summed E-state index contributed by atoms with van der Waals surface area (Å²) in [5.41, 5.74) is 2.35. The predicted octanol–water partition coefficient (Wildman–Crippen LogP) is 2.10. The number of carbonyl (C=O) groups is 1. The van der Waals surface area contributed by atoms with Gasteiger partial charge in [-0.05, 0) is 18.9 Å². The van der Waals surface area contributed by atoms with Crippen molar-refractivity contribution in [2.45, 2.75) is 19.8 Å². The largest absolute Gasteiger partial charge is 0.452 e. The molecule has 0 heterocycles. The first-order valence-corrected chi connectivity index (χ1v) is 4.87. The Balaban J connectivity index is 2.34. The summed E-state index contributed by atoms with van der Waals surface area (Å²) >= 11 is 0. The first-order chi connectivity index (χ1) is 7.22. The minimum absolute atomic E-state index is 0.0622. The molecule has 0 unspecified atom stereocenters. The Bertz CT molecular complexity index is 357. The molecule has 0 aliphatic carbocycles. The monoisotopic (exact) mass is 202 g/mol. The lowest BCUT2D eigenvalue weighted by Crippen LogP contribution is -2.05. The van der Waals surface area contributed by atoms with E-state index < -0.39 is 0 Å². The molecule has 0 bridgehead atoms. The lowest BCUT2D eigenvalue weighted by atomic mass is 10.1. The van der Waals surface area contributed by atoms with E-state index in [0.717, 1.165) is 5.56 Å². The summed E-state index contributed by atoms with van der Waals surface area (Å²) in [5.74, 6) is 2.02. The molecule has 0 aliphatic heterocycles. The number of rotatable bonds is 4. The van der Waals surface area contributed by atoms with E-state index in [-0.39, 0.29) is 12.6 Å². The van der Waals surface area contributed by atoms with Crippen LogP contribution >= 0.6 is 0 Å². The van der Waals surface area contributed by atoms with Gasteiger partial charge in [0.25, 0.3) is 0 Å². The van der Waals surface area contributed by atoms with Gasteiger partial charge in [-0.2, -0.15) is 0 Å². The van der Waals surface area contributed by atoms with Crippen molar-refractivity contribution in [2.24, 2.45) is 0 Å². The van der Waals surface area contributed by atoms with E-state index >= 15 is 0 Å². The number of hydrogen-bond acceptors (Lipinski definition) is 2. The standard InChI is InChI=1S/C13H14O2/c1-3-10-15-13(14)9-8-12-6-4-11(2)5-7-12/h1,4-7H,8-10H2,2H3. The van der Waals surface area contributed by atoms with Crippen molar-refractivity contribution in [2.75, 3.05) is 6.61 Å². The normalized spacial score (nSPS) is 9.33. The molecule has 15 heavy (non-hydrogen) atoms. The maximum atomic E-state index is 11.1. The highest BCUT2D eigenvalue weighted by atomic mass is 16.5. The van der Waals surface area contributed by atoms with E-state index in [1.165, 1.54) is 5.56 Å². The SMILES string of the molecule is C#CCOC(=O)CCc1ccc(C)cc1. The van der Waals surface area contributed by atoms with Crippen LogP contribution in [0.2, 0.25) is 0 Å². The van der Waals surface area contributed by atoms with Crippen LogP contribution in [0.4, 0.5) is 0 Å². The summed E-state index contributed by atoms with van der Waals surface area (Å²) in [5, 5.41) is 0. The van der Waals surface area contributed by atoms with Crippen LogP contribution in [0.15, 0.2) is 24.3 Å². The van der Waals surface area contributed by atoms with Crippen molar-refractivity contribution in [1.82, 2.24) is 0 Å². The Hall–Kier alpha value is -1.75. The minimum atomic E-state index is -0.242. The first-order valence-electron chi connectivity index (χ1n) is 4.87. The molecule has 0 atom stereocenters. The van der Waals surface area contributed by atoms with Crippen molar-refractivity contribution in [3.63, 3.8) is 0 Å². The van der Waals surface area contributed by atoms with Gasteiger partial charge in [0.1, 0.15) is 0 Å². The van der Waals surface area contributed by atoms with Gasteiger partial charge in [-0.3, -0.25) is 4.79 Å². The van der Waals surface area contributed by atoms with Crippen LogP contribution in [0.1, 0.15) is 17.5 Å². The maximum absolute atomic E-state index is 11.1. The third-order valence-electron chi connectivity index (χ3n) is 2.05. The second-order valence-electron chi connectivity index (χ2n) is 3.35. The Morgan fingerprint density at radius 2 is 2.07 bits per heavy atom. The van der Waals surface area contributed by atoms with E-state index in [9.17, 15) is 4.79 Å². The van der Waals surface area contributed by atoms with Crippen LogP contribution in [-0.2, 0) is 16.0 Å². The van der Waals surface area contributed by atoms with Gasteiger partial charge in [0.15, 0.2) is 6.61 Å². The highest BCUT2D eigenvalue weighted by Crippen LogP contribution is 2.06. The van der Waals surface area contributed by atoms with E-state index in [1.807, 2.05) is 31.2 Å². The third kappa shape index (κ3) is 4.33. The molecular formula is C13H14O2. The van der Waals surface area contributed by atoms with Crippen molar-refractivity contribution in [3.8, 4) is 12.3 Å². The minimum Gasteiger partial charge on any atom is -0.452 e. The Labute approximate surface area is 90.3 Å². The van der Waals surface area contributed by atoms with Gasteiger partial charge in [-0.15, -0.1) is 6.42 Å². The van der Waals surface area contributed by atoms with Crippen LogP contribution in [0.5, 0.6) is 0 Å². The van der Waals surface area contributed by atoms with Crippen molar-refractivity contribution >= 4 is 5.97 Å². The zero-order chi connectivity index (χ0) is 11.1. The number of hydrogen-bond donors (Lipinski definition) is 0. The van der Waals surface area contributed by atoms with E-state index in [1.54, 1.807) is 0 Å². The van der Waals surface area contributed by atoms with E-state index in [0.29, 0.717) is 12.8 Å². The smallest absolute Gasteiger partial charge is 0.307 e. The number of aryl methyl sites for hydroxylation is 2. The lowest BCUT2D eigenvalue weighted by Gasteiger charge is -2.02. The molecule has 0 amide bonds. The molecule has 1 aromatic carbocycles. The number of esters is 1. The molecule has 0 aromatic heterocycles. The second kappa shape index (κ2) is 5.87. The topological polar surface area (TPSA) is 26.3 Å². The molecule has 78 valence electrons. The van der Waals surface area contributed by atoms with Crippen LogP contribution in [-0.4, -0.2) is 12.6 Å². The maximum Gasteiger partial charge on any atom is 0.307 e. The molecule has 0 aliphatic rings. The predicted molar refractivity (Wildman–Crippen MR) is 59.3 cm³/mol. The van der Waals surface area contributed by atoms with Crippen LogP contribution in [0.3, 0.4) is 0 Å². The van der Waals surface area contributed by atoms with E-state index in [2.05, 4.69) is 5.92 Å². The molecule has 2 heteroatoms. The molecule has 2 nitrogen and oxygen atoms in total. The summed E-state index contributed by atoms with van der Waals surface area (Å²) in [6.45, 7) is 2.09. The average Bonchev–Trinajstić information content (AvgIpc) is 2.25. The summed E-state index contributed by atoms with van der Waals surface area (Å²) in [7, 11) is 0. The van der Waals surface area contributed by atoms with Gasteiger partial charge in [-0.1, -0.05) is 35.7 Å². The Morgan fingerprint density at radius 3 is 2.67 bits per heavy atom. The van der Waals surface area contributed by atoms with Crippen LogP contribution < -0.4 is 0 Å². The number of terminal acetylenes is 1. The fraction of sp³-hybridized carbons (Fsp3) is 0.308. The fourth-order valence-corrected chi connectivity index (χ4v) is 1.20. The molecular weight excluding hydrogens is 188 g/mol. The summed E-state index contributed by atoms with van der Waals surface area (Å²) < 4.78 is 4.76. The number of benzene rings is 1. The van der Waals surface area contributed by atoms with Gasteiger partial charge >= 0.3 is 5.97 Å². The molecule has 0 saturated carbocycles. The molecule has 1 rings (SSSR count).